The molecule has 2 aromatic heterocycles. The maximum Gasteiger partial charge on any atom is 0.418 e. The number of halogens is 3. The number of carbonyl (C=O) groups is 1. The molecular weight excluding hydrogens is 347 g/mol. The minimum Gasteiger partial charge on any atom is -0.348 e. The lowest BCUT2D eigenvalue weighted by atomic mass is 9.93. The SMILES string of the molecule is CCn1cc([C@@H]2NC(=O)CC[C@H]2NCc2ncccc2C(F)(F)F)cn1. The fourth-order valence-electron chi connectivity index (χ4n) is 3.11. The molecule has 1 fully saturated rings. The summed E-state index contributed by atoms with van der Waals surface area (Å²) in [5.74, 6) is -0.0777. The number of pyridine rings is 1. The van der Waals surface area contributed by atoms with Gasteiger partial charge in [-0.05, 0) is 25.5 Å². The van der Waals surface area contributed by atoms with Gasteiger partial charge in [0.05, 0.1) is 23.5 Å². The molecule has 0 aromatic carbocycles. The third-order valence-electron chi connectivity index (χ3n) is 4.46. The van der Waals surface area contributed by atoms with Crippen LogP contribution in [0.1, 0.15) is 42.6 Å². The van der Waals surface area contributed by atoms with E-state index in [1.54, 1.807) is 10.9 Å². The molecule has 3 heterocycles. The second-order valence-electron chi connectivity index (χ2n) is 6.20. The first-order valence-electron chi connectivity index (χ1n) is 8.44. The third kappa shape index (κ3) is 4.04. The highest BCUT2D eigenvalue weighted by Gasteiger charge is 2.35. The number of hydrogen-bond acceptors (Lipinski definition) is 4. The Hall–Kier alpha value is -2.42. The number of aryl methyl sites for hydroxylation is 1. The van der Waals surface area contributed by atoms with Crippen molar-refractivity contribution in [1.29, 1.82) is 0 Å². The average molecular weight is 367 g/mol. The Morgan fingerprint density at radius 3 is 2.92 bits per heavy atom. The van der Waals surface area contributed by atoms with Gasteiger partial charge in [-0.15, -0.1) is 0 Å². The van der Waals surface area contributed by atoms with Crippen molar-refractivity contribution in [2.45, 2.75) is 51.1 Å². The molecule has 6 nitrogen and oxygen atoms in total. The molecule has 140 valence electrons. The molecule has 0 saturated carbocycles. The van der Waals surface area contributed by atoms with Crippen molar-refractivity contribution in [3.8, 4) is 0 Å². The topological polar surface area (TPSA) is 71.8 Å². The molecule has 26 heavy (non-hydrogen) atoms. The van der Waals surface area contributed by atoms with Gasteiger partial charge in [-0.1, -0.05) is 0 Å². The van der Waals surface area contributed by atoms with Gasteiger partial charge in [0.15, 0.2) is 0 Å². The highest BCUT2D eigenvalue weighted by atomic mass is 19.4. The Balaban J connectivity index is 1.76. The minimum absolute atomic E-state index is 0.0331. The van der Waals surface area contributed by atoms with E-state index >= 15 is 0 Å². The summed E-state index contributed by atoms with van der Waals surface area (Å²) in [6.45, 7) is 2.61. The Bertz CT molecular complexity index is 774. The fourth-order valence-corrected chi connectivity index (χ4v) is 3.11. The lowest BCUT2D eigenvalue weighted by Gasteiger charge is -2.32. The number of rotatable bonds is 5. The molecule has 0 aliphatic carbocycles. The van der Waals surface area contributed by atoms with Gasteiger partial charge in [0.2, 0.25) is 5.91 Å². The molecule has 9 heteroatoms. The first kappa shape index (κ1) is 18.4. The monoisotopic (exact) mass is 367 g/mol. The van der Waals surface area contributed by atoms with Crippen LogP contribution in [0.15, 0.2) is 30.7 Å². The second kappa shape index (κ2) is 7.45. The van der Waals surface area contributed by atoms with Crippen LogP contribution >= 0.6 is 0 Å². The Kier molecular flexibility index (Phi) is 5.26. The predicted molar refractivity (Wildman–Crippen MR) is 87.9 cm³/mol. The summed E-state index contributed by atoms with van der Waals surface area (Å²) in [5, 5.41) is 10.2. The van der Waals surface area contributed by atoms with Crippen molar-refractivity contribution in [1.82, 2.24) is 25.4 Å². The molecule has 1 aliphatic rings. The number of amides is 1. The molecule has 2 N–H and O–H groups in total. The highest BCUT2D eigenvalue weighted by molar-refractivity contribution is 5.77. The van der Waals surface area contributed by atoms with Crippen LogP contribution in [-0.2, 0) is 24.1 Å². The molecule has 2 atom stereocenters. The van der Waals surface area contributed by atoms with Gasteiger partial charge in [0.25, 0.3) is 0 Å². The molecule has 0 spiro atoms. The summed E-state index contributed by atoms with van der Waals surface area (Å²) in [4.78, 5) is 15.7. The smallest absolute Gasteiger partial charge is 0.348 e. The Labute approximate surface area is 148 Å². The fraction of sp³-hybridized carbons (Fsp3) is 0.471. The van der Waals surface area contributed by atoms with Crippen molar-refractivity contribution < 1.29 is 18.0 Å². The van der Waals surface area contributed by atoms with E-state index in [4.69, 9.17) is 0 Å². The number of carbonyl (C=O) groups excluding carboxylic acids is 1. The molecule has 0 radical (unpaired) electrons. The molecule has 1 saturated heterocycles. The van der Waals surface area contributed by atoms with Gasteiger partial charge in [-0.25, -0.2) is 0 Å². The molecule has 1 aliphatic heterocycles. The summed E-state index contributed by atoms with van der Waals surface area (Å²) in [6.07, 6.45) is 1.26. The number of nitrogens with zero attached hydrogens (tertiary/aromatic N) is 3. The maximum atomic E-state index is 13.1. The molecule has 3 rings (SSSR count). The highest BCUT2D eigenvalue weighted by Crippen LogP contribution is 2.31. The van der Waals surface area contributed by atoms with Crippen LogP contribution in [0.4, 0.5) is 13.2 Å². The van der Waals surface area contributed by atoms with Crippen LogP contribution in [-0.4, -0.2) is 26.7 Å². The molecule has 0 bridgehead atoms. The number of nitrogens with one attached hydrogen (secondary N) is 2. The number of piperidine rings is 1. The summed E-state index contributed by atoms with van der Waals surface area (Å²) in [5.41, 5.74) is 0.0251. The first-order valence-corrected chi connectivity index (χ1v) is 8.44. The standard InChI is InChI=1S/C17H20F3N5O/c1-2-25-10-11(8-23-25)16-13(5-6-15(26)24-16)22-9-14-12(17(18,19)20)4-3-7-21-14/h3-4,7-8,10,13,16,22H,2,5-6,9H2,1H3,(H,24,26)/t13-,16+/m1/s1. The van der Waals surface area contributed by atoms with Crippen LogP contribution in [0.3, 0.4) is 0 Å². The van der Waals surface area contributed by atoms with Crippen LogP contribution in [0.5, 0.6) is 0 Å². The van der Waals surface area contributed by atoms with Crippen molar-refractivity contribution in [3.63, 3.8) is 0 Å². The minimum atomic E-state index is -4.45. The van der Waals surface area contributed by atoms with Crippen LogP contribution in [0, 0.1) is 0 Å². The number of hydrogen-bond donors (Lipinski definition) is 2. The van der Waals surface area contributed by atoms with Crippen molar-refractivity contribution >= 4 is 5.91 Å². The Morgan fingerprint density at radius 1 is 1.42 bits per heavy atom. The Morgan fingerprint density at radius 2 is 2.23 bits per heavy atom. The van der Waals surface area contributed by atoms with E-state index in [-0.39, 0.29) is 30.2 Å². The van der Waals surface area contributed by atoms with Gasteiger partial charge >= 0.3 is 6.18 Å². The average Bonchev–Trinajstić information content (AvgIpc) is 3.09. The lowest BCUT2D eigenvalue weighted by Crippen LogP contribution is -2.48. The van der Waals surface area contributed by atoms with E-state index in [1.807, 2.05) is 13.1 Å². The second-order valence-corrected chi connectivity index (χ2v) is 6.20. The van der Waals surface area contributed by atoms with Crippen LogP contribution in [0.25, 0.3) is 0 Å². The van der Waals surface area contributed by atoms with Gasteiger partial charge in [0, 0.05) is 43.5 Å². The normalized spacial score (nSPS) is 20.8. The molecule has 1 amide bonds. The van der Waals surface area contributed by atoms with E-state index < -0.39 is 11.7 Å². The largest absolute Gasteiger partial charge is 0.418 e. The zero-order valence-corrected chi connectivity index (χ0v) is 14.3. The van der Waals surface area contributed by atoms with Crippen molar-refractivity contribution in [2.24, 2.45) is 0 Å². The van der Waals surface area contributed by atoms with Crippen molar-refractivity contribution in [3.05, 3.63) is 47.5 Å². The quantitative estimate of drug-likeness (QED) is 0.852. The lowest BCUT2D eigenvalue weighted by molar-refractivity contribution is -0.138. The number of aromatic nitrogens is 3. The summed E-state index contributed by atoms with van der Waals surface area (Å²) in [6, 6.07) is 1.75. The van der Waals surface area contributed by atoms with Crippen molar-refractivity contribution in [2.75, 3.05) is 0 Å². The summed E-state index contributed by atoms with van der Waals surface area (Å²) < 4.78 is 41.1. The third-order valence-corrected chi connectivity index (χ3v) is 4.46. The van der Waals surface area contributed by atoms with E-state index in [0.29, 0.717) is 19.4 Å². The molecular formula is C17H20F3N5O. The van der Waals surface area contributed by atoms with E-state index in [0.717, 1.165) is 11.6 Å². The van der Waals surface area contributed by atoms with Gasteiger partial charge in [-0.2, -0.15) is 18.3 Å². The zero-order valence-electron chi connectivity index (χ0n) is 14.3. The van der Waals surface area contributed by atoms with Crippen LogP contribution < -0.4 is 10.6 Å². The van der Waals surface area contributed by atoms with E-state index in [1.165, 1.54) is 12.3 Å². The van der Waals surface area contributed by atoms with E-state index in [2.05, 4.69) is 20.7 Å². The summed E-state index contributed by atoms with van der Waals surface area (Å²) in [7, 11) is 0. The van der Waals surface area contributed by atoms with Crippen LogP contribution in [0.2, 0.25) is 0 Å². The van der Waals surface area contributed by atoms with Gasteiger partial charge in [-0.3, -0.25) is 14.5 Å². The number of alkyl halides is 3. The summed E-state index contributed by atoms with van der Waals surface area (Å²) >= 11 is 0. The molecule has 0 unspecified atom stereocenters. The zero-order chi connectivity index (χ0) is 18.7. The van der Waals surface area contributed by atoms with Gasteiger partial charge in [0.1, 0.15) is 0 Å². The predicted octanol–water partition coefficient (Wildman–Crippen LogP) is 2.43. The first-order chi connectivity index (χ1) is 12.4. The molecule has 2 aromatic rings. The van der Waals surface area contributed by atoms with E-state index in [9.17, 15) is 18.0 Å². The van der Waals surface area contributed by atoms with Gasteiger partial charge < -0.3 is 10.6 Å². The maximum absolute atomic E-state index is 13.1.